The van der Waals surface area contributed by atoms with Crippen LogP contribution in [-0.2, 0) is 11.3 Å². The summed E-state index contributed by atoms with van der Waals surface area (Å²) in [5.74, 6) is -0.342. The fourth-order valence-corrected chi connectivity index (χ4v) is 2.29. The standard InChI is InChI=1S/C14H21N3O4/c1-14(2)10(8-11(14)18)15-13(20)9-4-5-12(19)17(16-9)6-7-21-3/h4-5,10-11,18H,6-8H2,1-3H3,(H,15,20). The fourth-order valence-electron chi connectivity index (χ4n) is 2.29. The number of nitrogens with one attached hydrogen (secondary N) is 1. The normalized spacial score (nSPS) is 23.4. The number of hydrogen-bond donors (Lipinski definition) is 2. The Morgan fingerprint density at radius 1 is 1.57 bits per heavy atom. The number of ether oxygens (including phenoxy) is 1. The molecule has 7 heteroatoms. The number of methoxy groups -OCH3 is 1. The molecule has 0 aromatic carbocycles. The average molecular weight is 295 g/mol. The van der Waals surface area contributed by atoms with Gasteiger partial charge in [-0.2, -0.15) is 5.10 Å². The topological polar surface area (TPSA) is 93.5 Å². The van der Waals surface area contributed by atoms with Gasteiger partial charge in [-0.05, 0) is 12.5 Å². The van der Waals surface area contributed by atoms with Gasteiger partial charge in [-0.25, -0.2) is 4.68 Å². The summed E-state index contributed by atoms with van der Waals surface area (Å²) in [6.45, 7) is 4.45. The van der Waals surface area contributed by atoms with Crippen molar-refractivity contribution in [1.82, 2.24) is 15.1 Å². The molecule has 116 valence electrons. The molecule has 2 atom stereocenters. The lowest BCUT2D eigenvalue weighted by Crippen LogP contribution is -2.61. The number of hydrogen-bond acceptors (Lipinski definition) is 5. The van der Waals surface area contributed by atoms with Gasteiger partial charge < -0.3 is 15.2 Å². The molecule has 0 saturated heterocycles. The molecule has 2 rings (SSSR count). The van der Waals surface area contributed by atoms with Gasteiger partial charge in [0.15, 0.2) is 0 Å². The van der Waals surface area contributed by atoms with Crippen molar-refractivity contribution in [3.63, 3.8) is 0 Å². The van der Waals surface area contributed by atoms with Crippen LogP contribution in [0, 0.1) is 5.41 Å². The van der Waals surface area contributed by atoms with Crippen molar-refractivity contribution in [3.05, 3.63) is 28.2 Å². The van der Waals surface area contributed by atoms with E-state index < -0.39 is 6.10 Å². The molecule has 1 aromatic rings. The molecule has 1 amide bonds. The number of aromatic nitrogens is 2. The minimum atomic E-state index is -0.411. The van der Waals surface area contributed by atoms with E-state index in [9.17, 15) is 14.7 Å². The van der Waals surface area contributed by atoms with Crippen molar-refractivity contribution in [2.75, 3.05) is 13.7 Å². The number of nitrogens with zero attached hydrogens (tertiary/aromatic N) is 2. The third-order valence-electron chi connectivity index (χ3n) is 4.13. The van der Waals surface area contributed by atoms with Gasteiger partial charge in [-0.15, -0.1) is 0 Å². The maximum Gasteiger partial charge on any atom is 0.271 e. The summed E-state index contributed by atoms with van der Waals surface area (Å²) in [5, 5.41) is 16.6. The fraction of sp³-hybridized carbons (Fsp3) is 0.643. The highest BCUT2D eigenvalue weighted by atomic mass is 16.5. The summed E-state index contributed by atoms with van der Waals surface area (Å²) >= 11 is 0. The lowest BCUT2D eigenvalue weighted by molar-refractivity contribution is -0.0690. The molecule has 1 fully saturated rings. The zero-order valence-corrected chi connectivity index (χ0v) is 12.5. The molecule has 1 aliphatic rings. The van der Waals surface area contributed by atoms with Crippen molar-refractivity contribution >= 4 is 5.91 Å². The van der Waals surface area contributed by atoms with Crippen LogP contribution in [0.3, 0.4) is 0 Å². The molecular weight excluding hydrogens is 274 g/mol. The van der Waals surface area contributed by atoms with Gasteiger partial charge in [0.05, 0.1) is 19.3 Å². The number of rotatable bonds is 5. The van der Waals surface area contributed by atoms with Crippen molar-refractivity contribution in [1.29, 1.82) is 0 Å². The molecule has 0 spiro atoms. The third kappa shape index (κ3) is 3.14. The van der Waals surface area contributed by atoms with Crippen molar-refractivity contribution in [2.45, 2.75) is 39.0 Å². The molecule has 0 aliphatic heterocycles. The molecule has 7 nitrogen and oxygen atoms in total. The summed E-state index contributed by atoms with van der Waals surface area (Å²) in [5.41, 5.74) is -0.439. The third-order valence-corrected chi connectivity index (χ3v) is 4.13. The number of aliphatic hydroxyl groups is 1. The Hall–Kier alpha value is -1.73. The summed E-state index contributed by atoms with van der Waals surface area (Å²) in [6.07, 6.45) is 0.119. The zero-order chi connectivity index (χ0) is 15.6. The first-order valence-corrected chi connectivity index (χ1v) is 6.92. The summed E-state index contributed by atoms with van der Waals surface area (Å²) in [4.78, 5) is 23.8. The highest BCUT2D eigenvalue weighted by Crippen LogP contribution is 2.40. The van der Waals surface area contributed by atoms with E-state index in [4.69, 9.17) is 4.74 Å². The molecule has 2 N–H and O–H groups in total. The zero-order valence-electron chi connectivity index (χ0n) is 12.5. The molecule has 1 saturated carbocycles. The van der Waals surface area contributed by atoms with Gasteiger partial charge in [0, 0.05) is 24.6 Å². The Morgan fingerprint density at radius 3 is 2.86 bits per heavy atom. The van der Waals surface area contributed by atoms with E-state index in [0.29, 0.717) is 19.6 Å². The number of carbonyl (C=O) groups is 1. The molecule has 21 heavy (non-hydrogen) atoms. The number of carbonyl (C=O) groups excluding carboxylic acids is 1. The van der Waals surface area contributed by atoms with E-state index in [1.54, 1.807) is 0 Å². The van der Waals surface area contributed by atoms with Crippen molar-refractivity contribution in [2.24, 2.45) is 5.41 Å². The quantitative estimate of drug-likeness (QED) is 0.783. The highest BCUT2D eigenvalue weighted by molar-refractivity contribution is 5.92. The molecular formula is C14H21N3O4. The van der Waals surface area contributed by atoms with Crippen LogP contribution < -0.4 is 10.9 Å². The minimum Gasteiger partial charge on any atom is -0.392 e. The Balaban J connectivity index is 2.08. The molecule has 0 radical (unpaired) electrons. The Kier molecular flexibility index (Phi) is 4.43. The first-order valence-electron chi connectivity index (χ1n) is 6.92. The van der Waals surface area contributed by atoms with Gasteiger partial charge in [0.25, 0.3) is 11.5 Å². The van der Waals surface area contributed by atoms with Crippen LogP contribution in [-0.4, -0.2) is 46.7 Å². The summed E-state index contributed by atoms with van der Waals surface area (Å²) < 4.78 is 6.11. The van der Waals surface area contributed by atoms with E-state index in [0.717, 1.165) is 0 Å². The second-order valence-corrected chi connectivity index (χ2v) is 5.87. The Bertz CT molecular complexity index is 582. The van der Waals surface area contributed by atoms with Crippen LogP contribution in [0.1, 0.15) is 30.8 Å². The SMILES string of the molecule is COCCn1nc(C(=O)NC2CC(O)C2(C)C)ccc1=O. The van der Waals surface area contributed by atoms with E-state index in [1.807, 2.05) is 13.8 Å². The van der Waals surface area contributed by atoms with E-state index in [1.165, 1.54) is 23.9 Å². The van der Waals surface area contributed by atoms with Crippen LogP contribution in [0.15, 0.2) is 16.9 Å². The van der Waals surface area contributed by atoms with Crippen LogP contribution in [0.4, 0.5) is 0 Å². The Labute approximate surface area is 122 Å². The first-order chi connectivity index (χ1) is 9.86. The number of aliphatic hydroxyl groups excluding tert-OH is 1. The molecule has 1 aromatic heterocycles. The second kappa shape index (κ2) is 5.95. The summed E-state index contributed by atoms with van der Waals surface area (Å²) in [7, 11) is 1.53. The van der Waals surface area contributed by atoms with Gasteiger partial charge in [0.2, 0.25) is 0 Å². The second-order valence-electron chi connectivity index (χ2n) is 5.87. The van der Waals surface area contributed by atoms with Gasteiger partial charge in [-0.1, -0.05) is 13.8 Å². The lowest BCUT2D eigenvalue weighted by Gasteiger charge is -2.49. The number of amides is 1. The predicted molar refractivity (Wildman–Crippen MR) is 76.0 cm³/mol. The van der Waals surface area contributed by atoms with Gasteiger partial charge in [-0.3, -0.25) is 9.59 Å². The smallest absolute Gasteiger partial charge is 0.271 e. The first kappa shape index (κ1) is 15.7. The maximum atomic E-state index is 12.2. The molecule has 1 aliphatic carbocycles. The summed E-state index contributed by atoms with van der Waals surface area (Å²) in [6, 6.07) is 2.63. The monoisotopic (exact) mass is 295 g/mol. The molecule has 1 heterocycles. The largest absolute Gasteiger partial charge is 0.392 e. The van der Waals surface area contributed by atoms with Crippen LogP contribution >= 0.6 is 0 Å². The van der Waals surface area contributed by atoms with E-state index >= 15 is 0 Å². The van der Waals surface area contributed by atoms with Crippen LogP contribution in [0.25, 0.3) is 0 Å². The predicted octanol–water partition coefficient (Wildman–Crippen LogP) is -0.221. The van der Waals surface area contributed by atoms with Gasteiger partial charge in [0.1, 0.15) is 5.69 Å². The highest BCUT2D eigenvalue weighted by Gasteiger charge is 2.48. The van der Waals surface area contributed by atoms with Crippen LogP contribution in [0.2, 0.25) is 0 Å². The van der Waals surface area contributed by atoms with E-state index in [2.05, 4.69) is 10.4 Å². The van der Waals surface area contributed by atoms with Crippen LogP contribution in [0.5, 0.6) is 0 Å². The lowest BCUT2D eigenvalue weighted by atomic mass is 9.64. The minimum absolute atomic E-state index is 0.0962. The molecule has 0 bridgehead atoms. The average Bonchev–Trinajstić information content (AvgIpc) is 2.46. The Morgan fingerprint density at radius 2 is 2.29 bits per heavy atom. The van der Waals surface area contributed by atoms with Gasteiger partial charge >= 0.3 is 0 Å². The van der Waals surface area contributed by atoms with Crippen molar-refractivity contribution < 1.29 is 14.6 Å². The molecule has 2 unspecified atom stereocenters. The van der Waals surface area contributed by atoms with E-state index in [-0.39, 0.29) is 28.6 Å². The van der Waals surface area contributed by atoms with Crippen molar-refractivity contribution in [3.8, 4) is 0 Å². The maximum absolute atomic E-state index is 12.2.